The Morgan fingerprint density at radius 1 is 1.20 bits per heavy atom. The number of hydrogen-bond acceptors (Lipinski definition) is 3. The molecule has 0 N–H and O–H groups in total. The molecule has 4 nitrogen and oxygen atoms in total. The second-order valence-electron chi connectivity index (χ2n) is 4.02. The van der Waals surface area contributed by atoms with Gasteiger partial charge in [-0.25, -0.2) is 13.4 Å². The molecule has 0 saturated carbocycles. The maximum absolute atomic E-state index is 12.4. The van der Waals surface area contributed by atoms with Crippen LogP contribution in [0.5, 0.6) is 0 Å². The van der Waals surface area contributed by atoms with Crippen molar-refractivity contribution in [2.45, 2.75) is 17.7 Å². The third kappa shape index (κ3) is 3.51. The molecule has 0 atom stereocenters. The lowest BCUT2D eigenvalue weighted by molar-refractivity contribution is -0.137. The quantitative estimate of drug-likeness (QED) is 0.816. The summed E-state index contributed by atoms with van der Waals surface area (Å²) in [6.07, 6.45) is -1.93. The van der Waals surface area contributed by atoms with E-state index in [2.05, 4.69) is 4.98 Å². The third-order valence-corrected chi connectivity index (χ3v) is 3.69. The van der Waals surface area contributed by atoms with E-state index in [1.165, 1.54) is 29.2 Å². The minimum Gasteiger partial charge on any atom is -0.332 e. The first-order chi connectivity index (χ1) is 9.16. The Bertz CT molecular complexity index is 708. The molecule has 2 rings (SSSR count). The van der Waals surface area contributed by atoms with E-state index in [4.69, 9.17) is 10.7 Å². The molecule has 9 heteroatoms. The van der Waals surface area contributed by atoms with Gasteiger partial charge in [0.25, 0.3) is 9.05 Å². The van der Waals surface area contributed by atoms with Gasteiger partial charge in [0.15, 0.2) is 5.03 Å². The summed E-state index contributed by atoms with van der Waals surface area (Å²) in [7, 11) is 1.21. The van der Waals surface area contributed by atoms with Gasteiger partial charge in [-0.2, -0.15) is 13.2 Å². The largest absolute Gasteiger partial charge is 0.416 e. The van der Waals surface area contributed by atoms with E-state index in [0.29, 0.717) is 5.56 Å². The van der Waals surface area contributed by atoms with Gasteiger partial charge in [-0.3, -0.25) is 0 Å². The number of imidazole rings is 1. The summed E-state index contributed by atoms with van der Waals surface area (Å²) in [5.74, 6) is 0. The first-order valence-electron chi connectivity index (χ1n) is 5.29. The zero-order valence-electron chi connectivity index (χ0n) is 9.80. The van der Waals surface area contributed by atoms with Crippen LogP contribution in [0.3, 0.4) is 0 Å². The van der Waals surface area contributed by atoms with Crippen LogP contribution in [0, 0.1) is 0 Å². The highest BCUT2D eigenvalue weighted by molar-refractivity contribution is 8.13. The SMILES string of the molecule is O=S(=O)(Cl)c1cn(Cc2ccc(C(F)(F)F)cc2)cn1. The lowest BCUT2D eigenvalue weighted by Gasteiger charge is -2.07. The summed E-state index contributed by atoms with van der Waals surface area (Å²) in [5, 5.41) is -0.300. The summed E-state index contributed by atoms with van der Waals surface area (Å²) >= 11 is 0. The number of halogens is 4. The van der Waals surface area contributed by atoms with Crippen LogP contribution in [0.1, 0.15) is 11.1 Å². The molecule has 1 aromatic carbocycles. The number of nitrogens with zero attached hydrogens (tertiary/aromatic N) is 2. The van der Waals surface area contributed by atoms with E-state index in [9.17, 15) is 21.6 Å². The Morgan fingerprint density at radius 3 is 2.25 bits per heavy atom. The van der Waals surface area contributed by atoms with Crippen molar-refractivity contribution in [3.05, 3.63) is 47.9 Å². The van der Waals surface area contributed by atoms with Gasteiger partial charge in [-0.15, -0.1) is 0 Å². The molecule has 1 aromatic heterocycles. The predicted molar refractivity (Wildman–Crippen MR) is 65.8 cm³/mol. The molecule has 20 heavy (non-hydrogen) atoms. The molecule has 0 aliphatic heterocycles. The average Bonchev–Trinajstić information content (AvgIpc) is 2.77. The molecule has 0 saturated heterocycles. The Kier molecular flexibility index (Phi) is 3.79. The molecule has 0 spiro atoms. The molecular formula is C11H8ClF3N2O2S. The van der Waals surface area contributed by atoms with Crippen LogP contribution < -0.4 is 0 Å². The molecule has 0 amide bonds. The average molecular weight is 325 g/mol. The van der Waals surface area contributed by atoms with Crippen molar-refractivity contribution >= 4 is 19.7 Å². The summed E-state index contributed by atoms with van der Waals surface area (Å²) in [6.45, 7) is 0.192. The van der Waals surface area contributed by atoms with E-state index in [1.807, 2.05) is 0 Å². The van der Waals surface area contributed by atoms with Crippen LogP contribution in [0.4, 0.5) is 13.2 Å². The molecule has 0 radical (unpaired) electrons. The monoisotopic (exact) mass is 324 g/mol. The van der Waals surface area contributed by atoms with Gasteiger partial charge >= 0.3 is 6.18 Å². The van der Waals surface area contributed by atoms with Crippen molar-refractivity contribution in [1.29, 1.82) is 0 Å². The summed E-state index contributed by atoms with van der Waals surface area (Å²) in [4.78, 5) is 3.60. The molecule has 0 bridgehead atoms. The summed E-state index contributed by atoms with van der Waals surface area (Å²) in [6, 6.07) is 4.56. The highest BCUT2D eigenvalue weighted by Crippen LogP contribution is 2.29. The molecule has 2 aromatic rings. The maximum Gasteiger partial charge on any atom is 0.416 e. The zero-order chi connectivity index (χ0) is 15.0. The van der Waals surface area contributed by atoms with Crippen LogP contribution in [-0.2, 0) is 21.8 Å². The van der Waals surface area contributed by atoms with Crippen molar-refractivity contribution in [1.82, 2.24) is 9.55 Å². The molecule has 108 valence electrons. The fourth-order valence-electron chi connectivity index (χ4n) is 1.56. The van der Waals surface area contributed by atoms with E-state index < -0.39 is 20.8 Å². The number of hydrogen-bond donors (Lipinski definition) is 0. The highest BCUT2D eigenvalue weighted by Gasteiger charge is 2.29. The van der Waals surface area contributed by atoms with E-state index in [1.54, 1.807) is 0 Å². The second kappa shape index (κ2) is 5.10. The van der Waals surface area contributed by atoms with Gasteiger partial charge in [0, 0.05) is 23.4 Å². The number of alkyl halides is 3. The van der Waals surface area contributed by atoms with Crippen LogP contribution in [0.15, 0.2) is 41.8 Å². The van der Waals surface area contributed by atoms with E-state index in [-0.39, 0.29) is 11.6 Å². The lowest BCUT2D eigenvalue weighted by atomic mass is 10.1. The zero-order valence-corrected chi connectivity index (χ0v) is 11.4. The minimum atomic E-state index is -4.38. The minimum absolute atomic E-state index is 0.192. The normalized spacial score (nSPS) is 12.6. The fourth-order valence-corrected chi connectivity index (χ4v) is 2.24. The molecule has 0 unspecified atom stereocenters. The Balaban J connectivity index is 2.17. The Hall–Kier alpha value is -1.54. The number of benzene rings is 1. The summed E-state index contributed by atoms with van der Waals surface area (Å²) < 4.78 is 60.6. The van der Waals surface area contributed by atoms with Crippen molar-refractivity contribution in [3.8, 4) is 0 Å². The summed E-state index contributed by atoms with van der Waals surface area (Å²) in [5.41, 5.74) is -0.162. The lowest BCUT2D eigenvalue weighted by Crippen LogP contribution is -2.05. The van der Waals surface area contributed by atoms with Gasteiger partial charge in [0.05, 0.1) is 11.9 Å². The van der Waals surface area contributed by atoms with Crippen molar-refractivity contribution in [3.63, 3.8) is 0 Å². The maximum atomic E-state index is 12.4. The van der Waals surface area contributed by atoms with E-state index in [0.717, 1.165) is 12.1 Å². The molecular weight excluding hydrogens is 317 g/mol. The standard InChI is InChI=1S/C11H8ClF3N2O2S/c12-20(18,19)10-6-17(7-16-10)5-8-1-3-9(4-2-8)11(13,14)15/h1-4,6-7H,5H2. The number of rotatable bonds is 3. The first-order valence-corrected chi connectivity index (χ1v) is 7.60. The molecule has 0 aliphatic rings. The highest BCUT2D eigenvalue weighted by atomic mass is 35.7. The fraction of sp³-hybridized carbons (Fsp3) is 0.182. The van der Waals surface area contributed by atoms with Gasteiger partial charge in [-0.1, -0.05) is 12.1 Å². The van der Waals surface area contributed by atoms with Crippen molar-refractivity contribution in [2.24, 2.45) is 0 Å². The smallest absolute Gasteiger partial charge is 0.332 e. The molecule has 1 heterocycles. The van der Waals surface area contributed by atoms with Crippen molar-refractivity contribution in [2.75, 3.05) is 0 Å². The van der Waals surface area contributed by atoms with Crippen LogP contribution in [-0.4, -0.2) is 18.0 Å². The third-order valence-electron chi connectivity index (χ3n) is 2.51. The topological polar surface area (TPSA) is 52.0 Å². The Labute approximate surface area is 117 Å². The predicted octanol–water partition coefficient (Wildman–Crippen LogP) is 2.88. The molecule has 0 aliphatic carbocycles. The second-order valence-corrected chi connectivity index (χ2v) is 6.53. The van der Waals surface area contributed by atoms with E-state index >= 15 is 0 Å². The number of aromatic nitrogens is 2. The van der Waals surface area contributed by atoms with Crippen LogP contribution >= 0.6 is 10.7 Å². The van der Waals surface area contributed by atoms with Gasteiger partial charge in [0.1, 0.15) is 0 Å². The first kappa shape index (κ1) is 14.9. The Morgan fingerprint density at radius 2 is 1.80 bits per heavy atom. The van der Waals surface area contributed by atoms with Crippen LogP contribution in [0.25, 0.3) is 0 Å². The van der Waals surface area contributed by atoms with Crippen molar-refractivity contribution < 1.29 is 21.6 Å². The van der Waals surface area contributed by atoms with Gasteiger partial charge < -0.3 is 4.57 Å². The van der Waals surface area contributed by atoms with Gasteiger partial charge in [0.2, 0.25) is 0 Å². The molecule has 0 fully saturated rings. The van der Waals surface area contributed by atoms with Crippen LogP contribution in [0.2, 0.25) is 0 Å². The van der Waals surface area contributed by atoms with Gasteiger partial charge in [-0.05, 0) is 17.7 Å².